The summed E-state index contributed by atoms with van der Waals surface area (Å²) in [5, 5.41) is 6.84. The van der Waals surface area contributed by atoms with Crippen LogP contribution in [0.5, 0.6) is 0 Å². The van der Waals surface area contributed by atoms with E-state index in [1.807, 2.05) is 25.2 Å². The summed E-state index contributed by atoms with van der Waals surface area (Å²) in [4.78, 5) is 28.5. The molecule has 0 radical (unpaired) electrons. The van der Waals surface area contributed by atoms with Crippen LogP contribution >= 0.6 is 11.6 Å². The van der Waals surface area contributed by atoms with E-state index in [9.17, 15) is 9.18 Å². The molecule has 1 aliphatic rings. The van der Waals surface area contributed by atoms with Crippen molar-refractivity contribution in [3.8, 4) is 11.3 Å². The van der Waals surface area contributed by atoms with Crippen molar-refractivity contribution in [2.45, 2.75) is 13.0 Å². The number of carbonyl (C=O) groups is 1. The first-order chi connectivity index (χ1) is 18.9. The Balaban J connectivity index is 1.41. The van der Waals surface area contributed by atoms with Gasteiger partial charge in [-0.25, -0.2) is 14.4 Å². The molecule has 1 aromatic heterocycles. The van der Waals surface area contributed by atoms with Gasteiger partial charge >= 0.3 is 0 Å². The molecule has 3 aromatic carbocycles. The lowest BCUT2D eigenvalue weighted by Gasteiger charge is -2.17. The Morgan fingerprint density at radius 3 is 2.62 bits per heavy atom. The average Bonchev–Trinajstić information content (AvgIpc) is 3.10. The third-order valence-electron chi connectivity index (χ3n) is 6.55. The maximum Gasteiger partial charge on any atom is 0.253 e. The molecule has 0 spiro atoms. The second-order valence-corrected chi connectivity index (χ2v) is 9.72. The van der Waals surface area contributed by atoms with Crippen molar-refractivity contribution in [3.63, 3.8) is 0 Å². The SMILES string of the molecule is CNCCCN(C)C(=O)c1ccc(Nc2ncc3c(n2)-c2ccc(Cl)cc2C(c2ccccc2F)=NC3)cc1. The van der Waals surface area contributed by atoms with Crippen LogP contribution in [-0.2, 0) is 6.54 Å². The minimum absolute atomic E-state index is 0.0279. The van der Waals surface area contributed by atoms with Gasteiger partial charge in [0.25, 0.3) is 5.91 Å². The zero-order chi connectivity index (χ0) is 27.4. The number of hydrogen-bond acceptors (Lipinski definition) is 6. The molecule has 0 saturated carbocycles. The highest BCUT2D eigenvalue weighted by molar-refractivity contribution is 6.31. The molecule has 0 bridgehead atoms. The molecule has 2 heterocycles. The normalized spacial score (nSPS) is 12.2. The predicted octanol–water partition coefficient (Wildman–Crippen LogP) is 5.71. The second-order valence-electron chi connectivity index (χ2n) is 9.29. The van der Waals surface area contributed by atoms with Crippen molar-refractivity contribution in [2.24, 2.45) is 4.99 Å². The number of amides is 1. The lowest BCUT2D eigenvalue weighted by molar-refractivity contribution is 0.0794. The van der Waals surface area contributed by atoms with Crippen molar-refractivity contribution in [1.29, 1.82) is 0 Å². The van der Waals surface area contributed by atoms with Gasteiger partial charge in [0.1, 0.15) is 5.82 Å². The first kappa shape index (κ1) is 26.5. The summed E-state index contributed by atoms with van der Waals surface area (Å²) >= 11 is 6.35. The minimum atomic E-state index is -0.354. The summed E-state index contributed by atoms with van der Waals surface area (Å²) in [7, 11) is 3.70. The molecule has 0 atom stereocenters. The van der Waals surface area contributed by atoms with E-state index in [2.05, 4.69) is 15.6 Å². The number of nitrogens with zero attached hydrogens (tertiary/aromatic N) is 4. The summed E-state index contributed by atoms with van der Waals surface area (Å²) in [5.74, 6) is 0.0137. The Morgan fingerprint density at radius 2 is 1.85 bits per heavy atom. The molecule has 7 nitrogen and oxygen atoms in total. The lowest BCUT2D eigenvalue weighted by atomic mass is 9.95. The van der Waals surface area contributed by atoms with Crippen molar-refractivity contribution < 1.29 is 9.18 Å². The summed E-state index contributed by atoms with van der Waals surface area (Å²) in [5.41, 5.74) is 5.30. The van der Waals surface area contributed by atoms with E-state index in [1.165, 1.54) is 6.07 Å². The molecule has 5 rings (SSSR count). The molecular weight excluding hydrogens is 515 g/mol. The molecule has 1 aliphatic heterocycles. The van der Waals surface area contributed by atoms with Crippen LogP contribution in [0.3, 0.4) is 0 Å². The van der Waals surface area contributed by atoms with Gasteiger partial charge < -0.3 is 15.5 Å². The van der Waals surface area contributed by atoms with E-state index in [1.54, 1.807) is 60.6 Å². The van der Waals surface area contributed by atoms with Crippen LogP contribution in [0.4, 0.5) is 16.0 Å². The van der Waals surface area contributed by atoms with Crippen LogP contribution in [0.25, 0.3) is 11.3 Å². The Morgan fingerprint density at radius 1 is 1.05 bits per heavy atom. The fourth-order valence-electron chi connectivity index (χ4n) is 4.51. The van der Waals surface area contributed by atoms with E-state index >= 15 is 0 Å². The van der Waals surface area contributed by atoms with Crippen LogP contribution in [0.2, 0.25) is 5.02 Å². The maximum atomic E-state index is 14.8. The van der Waals surface area contributed by atoms with Gasteiger partial charge in [0, 0.05) is 58.3 Å². The fraction of sp³-hybridized carbons (Fsp3) is 0.200. The number of aliphatic imine (C=N–C) groups is 1. The number of rotatable bonds is 8. The average molecular weight is 543 g/mol. The molecule has 9 heteroatoms. The van der Waals surface area contributed by atoms with Gasteiger partial charge in [-0.1, -0.05) is 29.8 Å². The van der Waals surface area contributed by atoms with E-state index in [0.29, 0.717) is 52.2 Å². The van der Waals surface area contributed by atoms with Crippen LogP contribution < -0.4 is 10.6 Å². The number of carbonyl (C=O) groups excluding carboxylic acids is 1. The maximum absolute atomic E-state index is 14.8. The number of hydrogen-bond donors (Lipinski definition) is 2. The van der Waals surface area contributed by atoms with Gasteiger partial charge in [-0.3, -0.25) is 9.79 Å². The molecule has 0 fully saturated rings. The zero-order valence-electron chi connectivity index (χ0n) is 21.7. The highest BCUT2D eigenvalue weighted by atomic mass is 35.5. The summed E-state index contributed by atoms with van der Waals surface area (Å²) < 4.78 is 14.8. The Kier molecular flexibility index (Phi) is 7.95. The van der Waals surface area contributed by atoms with E-state index < -0.39 is 0 Å². The van der Waals surface area contributed by atoms with Crippen LogP contribution in [0.15, 0.2) is 77.9 Å². The number of benzene rings is 3. The quantitative estimate of drug-likeness (QED) is 0.279. The first-order valence-corrected chi connectivity index (χ1v) is 13.0. The van der Waals surface area contributed by atoms with Gasteiger partial charge in [0.05, 0.1) is 18.0 Å². The largest absolute Gasteiger partial charge is 0.342 e. The van der Waals surface area contributed by atoms with Gasteiger partial charge in [-0.05, 0) is 68.5 Å². The summed E-state index contributed by atoms with van der Waals surface area (Å²) in [6.45, 7) is 1.83. The Bertz CT molecular complexity index is 1540. The predicted molar refractivity (Wildman–Crippen MR) is 153 cm³/mol. The van der Waals surface area contributed by atoms with Gasteiger partial charge in [0.15, 0.2) is 0 Å². The minimum Gasteiger partial charge on any atom is -0.342 e. The van der Waals surface area contributed by atoms with Crippen LogP contribution in [0.1, 0.15) is 33.5 Å². The Labute approximate surface area is 231 Å². The molecule has 0 saturated heterocycles. The number of nitrogens with one attached hydrogen (secondary N) is 2. The third-order valence-corrected chi connectivity index (χ3v) is 6.78. The molecule has 0 unspecified atom stereocenters. The monoisotopic (exact) mass is 542 g/mol. The fourth-order valence-corrected chi connectivity index (χ4v) is 4.68. The van der Waals surface area contributed by atoms with Gasteiger partial charge in [0.2, 0.25) is 5.95 Å². The summed E-state index contributed by atoms with van der Waals surface area (Å²) in [6, 6.07) is 19.3. The highest BCUT2D eigenvalue weighted by Gasteiger charge is 2.23. The van der Waals surface area contributed by atoms with Crippen molar-refractivity contribution in [3.05, 3.63) is 106 Å². The topological polar surface area (TPSA) is 82.5 Å². The van der Waals surface area contributed by atoms with Gasteiger partial charge in [-0.2, -0.15) is 0 Å². The molecule has 2 N–H and O–H groups in total. The Hall–Kier alpha value is -4.14. The lowest BCUT2D eigenvalue weighted by Crippen LogP contribution is -2.29. The molecule has 1 amide bonds. The van der Waals surface area contributed by atoms with E-state index in [0.717, 1.165) is 29.8 Å². The number of halogens is 2. The molecular formula is C30H28ClFN6O. The number of anilines is 2. The molecule has 198 valence electrons. The van der Waals surface area contributed by atoms with Crippen molar-refractivity contribution >= 4 is 34.9 Å². The standard InChI is InChI=1S/C30H28ClFN6O/c1-33-14-5-15-38(2)29(39)19-8-11-22(12-9-19)36-30-35-18-20-17-34-28(24-6-3-4-7-26(24)32)25-16-21(31)10-13-23(25)27(20)37-30/h3-4,6-13,16,18,33H,5,14-15,17H2,1-2H3,(H,35,36,37). The van der Waals surface area contributed by atoms with Crippen LogP contribution in [-0.4, -0.2) is 53.7 Å². The van der Waals surface area contributed by atoms with Crippen molar-refractivity contribution in [2.75, 3.05) is 32.5 Å². The first-order valence-electron chi connectivity index (χ1n) is 12.7. The van der Waals surface area contributed by atoms with E-state index in [-0.39, 0.29) is 11.7 Å². The second kappa shape index (κ2) is 11.7. The third kappa shape index (κ3) is 5.82. The molecule has 0 aliphatic carbocycles. The number of aromatic nitrogens is 2. The van der Waals surface area contributed by atoms with Crippen molar-refractivity contribution in [1.82, 2.24) is 20.2 Å². The van der Waals surface area contributed by atoms with Gasteiger partial charge in [-0.15, -0.1) is 0 Å². The molecule has 4 aromatic rings. The van der Waals surface area contributed by atoms with E-state index in [4.69, 9.17) is 21.6 Å². The highest BCUT2D eigenvalue weighted by Crippen LogP contribution is 2.34. The summed E-state index contributed by atoms with van der Waals surface area (Å²) in [6.07, 6.45) is 2.62. The zero-order valence-corrected chi connectivity index (χ0v) is 22.5. The smallest absolute Gasteiger partial charge is 0.253 e. The van der Waals surface area contributed by atoms with Crippen LogP contribution in [0, 0.1) is 5.82 Å². The molecule has 39 heavy (non-hydrogen) atoms. The number of fused-ring (bicyclic) bond motifs is 3.